The largest absolute Gasteiger partial charge is 0.454 e. The van der Waals surface area contributed by atoms with Crippen molar-refractivity contribution >= 4 is 23.9 Å². The first-order valence-electron chi connectivity index (χ1n) is 14.4. The zero-order valence-corrected chi connectivity index (χ0v) is 23.6. The van der Waals surface area contributed by atoms with Gasteiger partial charge < -0.3 is 30.5 Å². The molecule has 2 aromatic carbocycles. The van der Waals surface area contributed by atoms with Crippen LogP contribution in [0.2, 0.25) is 0 Å². The van der Waals surface area contributed by atoms with Crippen LogP contribution >= 0.6 is 0 Å². The predicted octanol–water partition coefficient (Wildman–Crippen LogP) is 3.46. The summed E-state index contributed by atoms with van der Waals surface area (Å²) >= 11 is 0. The van der Waals surface area contributed by atoms with Crippen molar-refractivity contribution in [1.29, 1.82) is 0 Å². The Morgan fingerprint density at radius 3 is 2.33 bits per heavy atom. The minimum Gasteiger partial charge on any atom is -0.454 e. The molecule has 0 radical (unpaired) electrons. The second kappa shape index (κ2) is 15.2. The highest BCUT2D eigenvalue weighted by Gasteiger charge is 2.36. The molecule has 10 heteroatoms. The fraction of sp³-hybridized carbons (Fsp3) is 0.438. The number of hydrogen-bond donors (Lipinski definition) is 4. The maximum absolute atomic E-state index is 13.2. The minimum atomic E-state index is -1.03. The Labute approximate surface area is 245 Å². The predicted molar refractivity (Wildman–Crippen MR) is 155 cm³/mol. The van der Waals surface area contributed by atoms with Crippen LogP contribution in [0.15, 0.2) is 72.8 Å². The molecule has 224 valence electrons. The van der Waals surface area contributed by atoms with E-state index in [1.54, 1.807) is 36.4 Å². The molecule has 1 saturated carbocycles. The third-order valence-corrected chi connectivity index (χ3v) is 7.71. The lowest BCUT2D eigenvalue weighted by atomic mass is 9.95. The Hall–Kier alpha value is -4.18. The molecule has 0 saturated heterocycles. The number of esters is 1. The normalized spacial score (nSPS) is 22.5. The summed E-state index contributed by atoms with van der Waals surface area (Å²) in [7, 11) is 0. The van der Waals surface area contributed by atoms with Crippen LogP contribution in [0.4, 0.5) is 4.79 Å². The molecule has 1 fully saturated rings. The number of carbonyl (C=O) groups excluding carboxylic acids is 4. The van der Waals surface area contributed by atoms with Crippen LogP contribution in [0.5, 0.6) is 0 Å². The van der Waals surface area contributed by atoms with E-state index in [2.05, 4.69) is 16.0 Å². The van der Waals surface area contributed by atoms with Crippen LogP contribution in [-0.2, 0) is 30.5 Å². The first kappa shape index (κ1) is 30.8. The van der Waals surface area contributed by atoms with Gasteiger partial charge >= 0.3 is 12.1 Å². The number of cyclic esters (lactones) is 1. The number of alkyl carbamates (subject to hydrolysis) is 1. The van der Waals surface area contributed by atoms with Gasteiger partial charge in [-0.25, -0.2) is 9.59 Å². The van der Waals surface area contributed by atoms with E-state index in [4.69, 9.17) is 9.47 Å². The van der Waals surface area contributed by atoms with Gasteiger partial charge in [0.1, 0.15) is 18.8 Å². The second-order valence-corrected chi connectivity index (χ2v) is 10.9. The Kier molecular flexibility index (Phi) is 11.1. The number of aliphatic hydroxyl groups is 1. The molecule has 2 aromatic rings. The summed E-state index contributed by atoms with van der Waals surface area (Å²) in [5.74, 6) is -1.97. The van der Waals surface area contributed by atoms with Crippen molar-refractivity contribution in [3.8, 4) is 0 Å². The van der Waals surface area contributed by atoms with Gasteiger partial charge in [-0.05, 0) is 36.8 Å². The Balaban J connectivity index is 1.47. The van der Waals surface area contributed by atoms with Gasteiger partial charge in [0.15, 0.2) is 0 Å². The van der Waals surface area contributed by atoms with E-state index in [1.165, 1.54) is 0 Å². The van der Waals surface area contributed by atoms with Gasteiger partial charge in [0, 0.05) is 6.42 Å². The molecule has 1 aliphatic heterocycles. The van der Waals surface area contributed by atoms with Gasteiger partial charge in [-0.15, -0.1) is 0 Å². The van der Waals surface area contributed by atoms with Crippen LogP contribution in [-0.4, -0.2) is 53.7 Å². The molecule has 3 atom stereocenters. The summed E-state index contributed by atoms with van der Waals surface area (Å²) in [5, 5.41) is 18.3. The molecular formula is C32H39N3O7. The second-order valence-electron chi connectivity index (χ2n) is 10.9. The number of amides is 3. The van der Waals surface area contributed by atoms with Crippen molar-refractivity contribution in [2.75, 3.05) is 13.2 Å². The maximum Gasteiger partial charge on any atom is 0.408 e. The number of benzene rings is 2. The molecule has 4 rings (SSSR count). The highest BCUT2D eigenvalue weighted by molar-refractivity contribution is 5.86. The third kappa shape index (κ3) is 8.91. The lowest BCUT2D eigenvalue weighted by Gasteiger charge is -2.29. The first-order valence-corrected chi connectivity index (χ1v) is 14.4. The summed E-state index contributed by atoms with van der Waals surface area (Å²) in [6.07, 6.45) is 5.42. The molecule has 0 spiro atoms. The van der Waals surface area contributed by atoms with Gasteiger partial charge in [0.25, 0.3) is 0 Å². The fourth-order valence-electron chi connectivity index (χ4n) is 5.30. The minimum absolute atomic E-state index is 0.0117. The van der Waals surface area contributed by atoms with Crippen molar-refractivity contribution in [3.63, 3.8) is 0 Å². The molecule has 0 bridgehead atoms. The van der Waals surface area contributed by atoms with E-state index in [0.29, 0.717) is 18.4 Å². The number of nitrogens with one attached hydrogen (secondary N) is 3. The standard InChI is InChI=1S/C32H39N3O7/c36-22-32(17-9-10-18-32)35-28(37)19-25-15-7-8-16-26(34-31(40)41-21-23-11-3-1-4-12-23)30(39)42-27(20-33-29(25)38)24-13-5-2-6-14-24/h1-8,11-14,25-27,36H,9-10,15-22H2,(H,33,38)(H,34,40)(H,35,37)/t25-,26-,27-/m1/s1. The summed E-state index contributed by atoms with van der Waals surface area (Å²) in [5.41, 5.74) is 0.848. The Bertz CT molecular complexity index is 1230. The fourth-order valence-corrected chi connectivity index (χ4v) is 5.30. The number of rotatable bonds is 8. The van der Waals surface area contributed by atoms with E-state index in [1.807, 2.05) is 36.4 Å². The van der Waals surface area contributed by atoms with Crippen LogP contribution in [0, 0.1) is 5.92 Å². The van der Waals surface area contributed by atoms with Gasteiger partial charge in [-0.1, -0.05) is 85.7 Å². The average Bonchev–Trinajstić information content (AvgIpc) is 3.47. The third-order valence-electron chi connectivity index (χ3n) is 7.71. The summed E-state index contributed by atoms with van der Waals surface area (Å²) < 4.78 is 11.1. The molecule has 1 aliphatic carbocycles. The van der Waals surface area contributed by atoms with Crippen LogP contribution in [0.1, 0.15) is 62.2 Å². The summed E-state index contributed by atoms with van der Waals surface area (Å²) in [6.45, 7) is -0.103. The topological polar surface area (TPSA) is 143 Å². The van der Waals surface area contributed by atoms with Crippen molar-refractivity contribution in [2.24, 2.45) is 5.92 Å². The van der Waals surface area contributed by atoms with E-state index >= 15 is 0 Å². The summed E-state index contributed by atoms with van der Waals surface area (Å²) in [6, 6.07) is 17.2. The number of hydrogen-bond acceptors (Lipinski definition) is 7. The first-order chi connectivity index (χ1) is 20.4. The molecular weight excluding hydrogens is 538 g/mol. The van der Waals surface area contributed by atoms with Crippen molar-refractivity contribution in [1.82, 2.24) is 16.0 Å². The van der Waals surface area contributed by atoms with E-state index < -0.39 is 35.7 Å². The zero-order valence-electron chi connectivity index (χ0n) is 23.6. The van der Waals surface area contributed by atoms with Crippen molar-refractivity contribution < 1.29 is 33.8 Å². The summed E-state index contributed by atoms with van der Waals surface area (Å²) in [4.78, 5) is 52.0. The maximum atomic E-state index is 13.2. The van der Waals surface area contributed by atoms with Crippen LogP contribution in [0.3, 0.4) is 0 Å². The zero-order chi connectivity index (χ0) is 29.8. The molecule has 1 heterocycles. The highest BCUT2D eigenvalue weighted by atomic mass is 16.6. The molecule has 0 unspecified atom stereocenters. The monoisotopic (exact) mass is 577 g/mol. The number of carbonyl (C=O) groups is 4. The molecule has 42 heavy (non-hydrogen) atoms. The SMILES string of the molecule is O=C(C[C@H]1CC=CC[C@@H](NC(=O)OCc2ccccc2)C(=O)O[C@@H](c2ccccc2)CNC1=O)NC1(CO)CCCC1. The number of ether oxygens (including phenoxy) is 2. The van der Waals surface area contributed by atoms with E-state index in [-0.39, 0.29) is 50.8 Å². The van der Waals surface area contributed by atoms with Crippen LogP contribution < -0.4 is 16.0 Å². The van der Waals surface area contributed by atoms with Gasteiger partial charge in [-0.3, -0.25) is 9.59 Å². The van der Waals surface area contributed by atoms with Gasteiger partial charge in [0.05, 0.1) is 24.6 Å². The smallest absolute Gasteiger partial charge is 0.408 e. The molecule has 2 aliphatic rings. The van der Waals surface area contributed by atoms with E-state index in [9.17, 15) is 24.3 Å². The van der Waals surface area contributed by atoms with Gasteiger partial charge in [0.2, 0.25) is 11.8 Å². The lowest BCUT2D eigenvalue weighted by molar-refractivity contribution is -0.152. The van der Waals surface area contributed by atoms with Crippen molar-refractivity contribution in [2.45, 2.75) is 69.2 Å². The number of allylic oxidation sites excluding steroid dienone is 1. The van der Waals surface area contributed by atoms with Crippen molar-refractivity contribution in [3.05, 3.63) is 83.9 Å². The van der Waals surface area contributed by atoms with Gasteiger partial charge in [-0.2, -0.15) is 0 Å². The highest BCUT2D eigenvalue weighted by Crippen LogP contribution is 2.29. The molecule has 3 amide bonds. The Morgan fingerprint density at radius 1 is 0.976 bits per heavy atom. The van der Waals surface area contributed by atoms with Crippen LogP contribution in [0.25, 0.3) is 0 Å². The molecule has 10 nitrogen and oxygen atoms in total. The molecule has 4 N–H and O–H groups in total. The lowest BCUT2D eigenvalue weighted by Crippen LogP contribution is -2.50. The van der Waals surface area contributed by atoms with E-state index in [0.717, 1.165) is 18.4 Å². The number of aliphatic hydroxyl groups excluding tert-OH is 1. The Morgan fingerprint density at radius 2 is 1.64 bits per heavy atom. The quantitative estimate of drug-likeness (QED) is 0.278. The molecule has 0 aromatic heterocycles. The average molecular weight is 578 g/mol.